The fourth-order valence-corrected chi connectivity index (χ4v) is 4.18. The van der Waals surface area contributed by atoms with Crippen LogP contribution >= 0.6 is 15.9 Å². The number of halogens is 2. The number of amides is 1. The number of anilines is 1. The second kappa shape index (κ2) is 8.11. The molecule has 8 heteroatoms. The zero-order chi connectivity index (χ0) is 21.4. The number of nitrogens with one attached hydrogen (secondary N) is 1. The molecule has 1 aliphatic rings. The molecule has 0 saturated heterocycles. The van der Waals surface area contributed by atoms with E-state index in [0.717, 1.165) is 46.2 Å². The Morgan fingerprint density at radius 1 is 1.06 bits per heavy atom. The van der Waals surface area contributed by atoms with E-state index in [1.807, 2.05) is 24.3 Å². The lowest BCUT2D eigenvalue weighted by molar-refractivity contribution is 0.102. The van der Waals surface area contributed by atoms with Crippen molar-refractivity contribution in [3.8, 4) is 5.69 Å². The van der Waals surface area contributed by atoms with Gasteiger partial charge in [0.05, 0.1) is 18.4 Å². The first-order valence-corrected chi connectivity index (χ1v) is 10.8. The molecule has 4 aromatic rings. The molecule has 0 atom stereocenters. The number of nitrogens with zero attached hydrogens (tertiary/aromatic N) is 4. The summed E-state index contributed by atoms with van der Waals surface area (Å²) in [7, 11) is 0. The van der Waals surface area contributed by atoms with Crippen molar-refractivity contribution < 1.29 is 9.18 Å². The van der Waals surface area contributed by atoms with Gasteiger partial charge in [-0.2, -0.15) is 10.2 Å². The zero-order valence-electron chi connectivity index (χ0n) is 16.6. The van der Waals surface area contributed by atoms with Crippen molar-refractivity contribution in [3.63, 3.8) is 0 Å². The summed E-state index contributed by atoms with van der Waals surface area (Å²) in [4.78, 5) is 13.1. The molecule has 5 rings (SSSR count). The highest BCUT2D eigenvalue weighted by Crippen LogP contribution is 2.28. The molecule has 0 bridgehead atoms. The van der Waals surface area contributed by atoms with Crippen LogP contribution in [0.3, 0.4) is 0 Å². The summed E-state index contributed by atoms with van der Waals surface area (Å²) < 4.78 is 17.8. The number of benzene rings is 2. The number of carbonyl (C=O) groups is 1. The van der Waals surface area contributed by atoms with Crippen molar-refractivity contribution in [2.24, 2.45) is 0 Å². The van der Waals surface area contributed by atoms with E-state index in [2.05, 4.69) is 31.4 Å². The van der Waals surface area contributed by atoms with E-state index >= 15 is 0 Å². The minimum atomic E-state index is -0.301. The average Bonchev–Trinajstić information content (AvgIpc) is 3.48. The lowest BCUT2D eigenvalue weighted by atomic mass is 10.2. The van der Waals surface area contributed by atoms with Gasteiger partial charge in [0.2, 0.25) is 0 Å². The molecule has 0 saturated carbocycles. The van der Waals surface area contributed by atoms with Crippen LogP contribution < -0.4 is 5.32 Å². The number of hydrogen-bond donors (Lipinski definition) is 1. The molecule has 0 fully saturated rings. The lowest BCUT2D eigenvalue weighted by Gasteiger charge is -2.09. The highest BCUT2D eigenvalue weighted by molar-refractivity contribution is 9.10. The second-order valence-corrected chi connectivity index (χ2v) is 8.39. The van der Waals surface area contributed by atoms with Gasteiger partial charge in [0, 0.05) is 21.8 Å². The molecule has 31 heavy (non-hydrogen) atoms. The predicted molar refractivity (Wildman–Crippen MR) is 119 cm³/mol. The molecule has 1 aliphatic carbocycles. The Morgan fingerprint density at radius 3 is 2.61 bits per heavy atom. The van der Waals surface area contributed by atoms with Crippen molar-refractivity contribution >= 4 is 27.7 Å². The Bertz CT molecular complexity index is 1240. The SMILES string of the molecule is O=C(Nc1ccnn1Cc1ccc(Br)cc1)c1nn(-c2ccc(F)cc2)c2c1CCC2. The summed E-state index contributed by atoms with van der Waals surface area (Å²) in [6.07, 6.45) is 4.28. The quantitative estimate of drug-likeness (QED) is 0.448. The molecule has 2 aromatic carbocycles. The van der Waals surface area contributed by atoms with Gasteiger partial charge in [-0.15, -0.1) is 0 Å². The Hall–Kier alpha value is -3.26. The van der Waals surface area contributed by atoms with Crippen molar-refractivity contribution in [2.45, 2.75) is 25.8 Å². The van der Waals surface area contributed by atoms with Gasteiger partial charge in [0.15, 0.2) is 5.69 Å². The van der Waals surface area contributed by atoms with Gasteiger partial charge < -0.3 is 5.32 Å². The van der Waals surface area contributed by atoms with Crippen LogP contribution in [0.25, 0.3) is 5.69 Å². The van der Waals surface area contributed by atoms with Gasteiger partial charge in [-0.05, 0) is 61.2 Å². The molecule has 1 amide bonds. The molecule has 0 spiro atoms. The molecule has 2 heterocycles. The summed E-state index contributed by atoms with van der Waals surface area (Å²) in [6.45, 7) is 0.540. The molecule has 0 radical (unpaired) electrons. The van der Waals surface area contributed by atoms with Gasteiger partial charge >= 0.3 is 0 Å². The highest BCUT2D eigenvalue weighted by atomic mass is 79.9. The number of fused-ring (bicyclic) bond motifs is 1. The summed E-state index contributed by atoms with van der Waals surface area (Å²) in [5.41, 5.74) is 4.21. The fourth-order valence-electron chi connectivity index (χ4n) is 3.92. The van der Waals surface area contributed by atoms with Crippen molar-refractivity contribution in [2.75, 3.05) is 5.32 Å². The number of hydrogen-bond acceptors (Lipinski definition) is 3. The average molecular weight is 480 g/mol. The molecular weight excluding hydrogens is 461 g/mol. The van der Waals surface area contributed by atoms with Crippen LogP contribution in [-0.4, -0.2) is 25.5 Å². The fraction of sp³-hybridized carbons (Fsp3) is 0.174. The first-order chi connectivity index (χ1) is 15.1. The van der Waals surface area contributed by atoms with Crippen LogP contribution in [0.15, 0.2) is 65.3 Å². The maximum Gasteiger partial charge on any atom is 0.277 e. The molecule has 0 aliphatic heterocycles. The van der Waals surface area contributed by atoms with E-state index in [1.54, 1.807) is 33.8 Å². The van der Waals surface area contributed by atoms with Gasteiger partial charge in [-0.1, -0.05) is 28.1 Å². The largest absolute Gasteiger partial charge is 0.305 e. The third kappa shape index (κ3) is 3.90. The van der Waals surface area contributed by atoms with Gasteiger partial charge in [0.1, 0.15) is 11.6 Å². The molecule has 2 aromatic heterocycles. The Labute approximate surface area is 186 Å². The van der Waals surface area contributed by atoms with Crippen LogP contribution in [0, 0.1) is 5.82 Å². The highest BCUT2D eigenvalue weighted by Gasteiger charge is 2.27. The molecule has 0 unspecified atom stereocenters. The van der Waals surface area contributed by atoms with Crippen LogP contribution in [0.1, 0.15) is 33.7 Å². The van der Waals surface area contributed by atoms with E-state index in [1.165, 1.54) is 12.1 Å². The Morgan fingerprint density at radius 2 is 1.84 bits per heavy atom. The van der Waals surface area contributed by atoms with Crippen LogP contribution in [0.4, 0.5) is 10.2 Å². The smallest absolute Gasteiger partial charge is 0.277 e. The summed E-state index contributed by atoms with van der Waals surface area (Å²) in [6, 6.07) is 15.9. The Balaban J connectivity index is 1.41. The standard InChI is InChI=1S/C23H19BrFN5O/c24-16-6-4-15(5-7-16)14-29-21(12-13-26-29)27-23(31)22-19-2-1-3-20(19)30(28-22)18-10-8-17(25)9-11-18/h4-13H,1-3,14H2,(H,27,31). The molecule has 6 nitrogen and oxygen atoms in total. The van der Waals surface area contributed by atoms with Gasteiger partial charge in [-0.25, -0.2) is 13.8 Å². The van der Waals surface area contributed by atoms with Crippen LogP contribution in [0.2, 0.25) is 0 Å². The summed E-state index contributed by atoms with van der Waals surface area (Å²) in [5, 5.41) is 11.9. The normalized spacial score (nSPS) is 12.7. The van der Waals surface area contributed by atoms with Gasteiger partial charge in [0.25, 0.3) is 5.91 Å². The third-order valence-corrected chi connectivity index (χ3v) is 5.95. The first-order valence-electron chi connectivity index (χ1n) is 10.0. The maximum absolute atomic E-state index is 13.3. The zero-order valence-corrected chi connectivity index (χ0v) is 18.1. The van der Waals surface area contributed by atoms with E-state index in [9.17, 15) is 9.18 Å². The second-order valence-electron chi connectivity index (χ2n) is 7.47. The van der Waals surface area contributed by atoms with E-state index in [0.29, 0.717) is 18.1 Å². The van der Waals surface area contributed by atoms with Crippen LogP contribution in [0.5, 0.6) is 0 Å². The monoisotopic (exact) mass is 479 g/mol. The van der Waals surface area contributed by atoms with Gasteiger partial charge in [-0.3, -0.25) is 4.79 Å². The lowest BCUT2D eigenvalue weighted by Crippen LogP contribution is -2.18. The maximum atomic E-state index is 13.3. The van der Waals surface area contributed by atoms with Crippen molar-refractivity contribution in [3.05, 3.63) is 93.6 Å². The topological polar surface area (TPSA) is 64.7 Å². The summed E-state index contributed by atoms with van der Waals surface area (Å²) >= 11 is 3.44. The first kappa shape index (κ1) is 19.7. The van der Waals surface area contributed by atoms with Crippen molar-refractivity contribution in [1.82, 2.24) is 19.6 Å². The molecule has 156 valence electrons. The van der Waals surface area contributed by atoms with Crippen molar-refractivity contribution in [1.29, 1.82) is 0 Å². The van der Waals surface area contributed by atoms with E-state index < -0.39 is 0 Å². The minimum Gasteiger partial charge on any atom is -0.305 e. The van der Waals surface area contributed by atoms with E-state index in [-0.39, 0.29) is 11.7 Å². The summed E-state index contributed by atoms with van der Waals surface area (Å²) in [5.74, 6) is 0.0390. The predicted octanol–water partition coefficient (Wildman–Crippen LogP) is 4.76. The van der Waals surface area contributed by atoms with Crippen LogP contribution in [-0.2, 0) is 19.4 Å². The number of aromatic nitrogens is 4. The number of rotatable bonds is 5. The minimum absolute atomic E-state index is 0.267. The molecular formula is C23H19BrFN5O. The Kier molecular flexibility index (Phi) is 5.15. The number of carbonyl (C=O) groups excluding carboxylic acids is 1. The van der Waals surface area contributed by atoms with E-state index in [4.69, 9.17) is 0 Å². The third-order valence-electron chi connectivity index (χ3n) is 5.42. The molecule has 1 N–H and O–H groups in total.